The molecule has 0 bridgehead atoms. The van der Waals surface area contributed by atoms with Gasteiger partial charge in [0.15, 0.2) is 0 Å². The van der Waals surface area contributed by atoms with E-state index in [1.54, 1.807) is 12.1 Å². The van der Waals surface area contributed by atoms with Gasteiger partial charge in [0.2, 0.25) is 15.9 Å². The van der Waals surface area contributed by atoms with Crippen LogP contribution in [-0.4, -0.2) is 65.0 Å². The van der Waals surface area contributed by atoms with Gasteiger partial charge in [-0.25, -0.2) is 12.8 Å². The zero-order chi connectivity index (χ0) is 20.4. The van der Waals surface area contributed by atoms with Crippen molar-refractivity contribution in [2.45, 2.75) is 4.90 Å². The largest absolute Gasteiger partial charge is 0.323 e. The van der Waals surface area contributed by atoms with Crippen molar-refractivity contribution in [3.05, 3.63) is 48.3 Å². The number of carbonyl (C=O) groups is 1. The van der Waals surface area contributed by atoms with E-state index in [1.165, 1.54) is 22.5 Å². The first-order chi connectivity index (χ1) is 13.9. The number of nitrogens with zero attached hydrogens (tertiary/aromatic N) is 4. The summed E-state index contributed by atoms with van der Waals surface area (Å²) in [6.07, 6.45) is 0. The van der Waals surface area contributed by atoms with Gasteiger partial charge in [-0.15, -0.1) is 0 Å². The summed E-state index contributed by atoms with van der Waals surface area (Å²) < 4.78 is 48.8. The minimum atomic E-state index is -3.89. The molecule has 8 nitrogen and oxygen atoms in total. The van der Waals surface area contributed by atoms with E-state index in [2.05, 4.69) is 14.1 Å². The highest BCUT2D eigenvalue weighted by atomic mass is 32.2. The molecule has 0 unspecified atom stereocenters. The van der Waals surface area contributed by atoms with Crippen LogP contribution < -0.4 is 5.32 Å². The van der Waals surface area contributed by atoms with Crippen molar-refractivity contribution in [1.29, 1.82) is 0 Å². The van der Waals surface area contributed by atoms with Crippen LogP contribution in [0.2, 0.25) is 0 Å². The average Bonchev–Trinajstić information content (AvgIpc) is 3.18. The lowest BCUT2D eigenvalue weighted by Crippen LogP contribution is -2.50. The monoisotopic (exact) mass is 435 g/mol. The maximum atomic E-state index is 13.9. The van der Waals surface area contributed by atoms with Gasteiger partial charge in [-0.1, -0.05) is 18.2 Å². The van der Waals surface area contributed by atoms with Crippen LogP contribution in [-0.2, 0) is 14.8 Å². The summed E-state index contributed by atoms with van der Waals surface area (Å²) in [4.78, 5) is 14.0. The van der Waals surface area contributed by atoms with Gasteiger partial charge in [-0.05, 0) is 24.3 Å². The molecular formula is C18H18FN5O3S2. The van der Waals surface area contributed by atoms with E-state index >= 15 is 0 Å². The standard InChI is InChI=1S/C18H18FN5O3S2/c19-13-4-1-2-7-16(13)29(26,27)24-10-8-23(9-11-24)12-17(25)20-14-5-3-6-15-18(14)22-28-21-15/h1-7H,8-12H2,(H,20,25). The van der Waals surface area contributed by atoms with E-state index < -0.39 is 15.8 Å². The van der Waals surface area contributed by atoms with Crippen molar-refractivity contribution >= 4 is 44.4 Å². The van der Waals surface area contributed by atoms with Crippen molar-refractivity contribution in [1.82, 2.24) is 18.0 Å². The summed E-state index contributed by atoms with van der Waals surface area (Å²) in [5, 5.41) is 2.84. The average molecular weight is 436 g/mol. The summed E-state index contributed by atoms with van der Waals surface area (Å²) in [6.45, 7) is 1.26. The number of rotatable bonds is 5. The van der Waals surface area contributed by atoms with Gasteiger partial charge in [-0.3, -0.25) is 9.69 Å². The Kier molecular flexibility index (Phi) is 5.54. The number of anilines is 1. The highest BCUT2D eigenvalue weighted by Crippen LogP contribution is 2.22. The molecule has 1 saturated heterocycles. The summed E-state index contributed by atoms with van der Waals surface area (Å²) in [5.74, 6) is -0.976. The Bertz CT molecular complexity index is 1140. The molecule has 0 spiro atoms. The van der Waals surface area contributed by atoms with E-state index in [0.717, 1.165) is 23.3 Å². The predicted octanol–water partition coefficient (Wildman–Crippen LogP) is 1.78. The van der Waals surface area contributed by atoms with Crippen molar-refractivity contribution in [2.75, 3.05) is 38.0 Å². The fourth-order valence-electron chi connectivity index (χ4n) is 3.22. The van der Waals surface area contributed by atoms with Gasteiger partial charge in [-0.2, -0.15) is 13.1 Å². The van der Waals surface area contributed by atoms with Gasteiger partial charge in [0.25, 0.3) is 0 Å². The first-order valence-corrected chi connectivity index (χ1v) is 11.1. The minimum absolute atomic E-state index is 0.127. The number of nitrogens with one attached hydrogen (secondary N) is 1. The first kappa shape index (κ1) is 19.8. The van der Waals surface area contributed by atoms with Crippen molar-refractivity contribution in [2.24, 2.45) is 0 Å². The maximum Gasteiger partial charge on any atom is 0.246 e. The van der Waals surface area contributed by atoms with E-state index in [0.29, 0.717) is 24.3 Å². The number of fused-ring (bicyclic) bond motifs is 1. The number of hydrogen-bond donors (Lipinski definition) is 1. The number of piperazine rings is 1. The molecule has 4 rings (SSSR count). The third kappa shape index (κ3) is 4.13. The Morgan fingerprint density at radius 3 is 2.59 bits per heavy atom. The molecule has 1 aliphatic rings. The number of carbonyl (C=O) groups excluding carboxylic acids is 1. The molecule has 2 heterocycles. The number of benzene rings is 2. The number of halogens is 1. The molecule has 0 radical (unpaired) electrons. The van der Waals surface area contributed by atoms with E-state index in [1.807, 2.05) is 11.0 Å². The number of sulfonamides is 1. The molecule has 152 valence electrons. The Balaban J connectivity index is 1.36. The van der Waals surface area contributed by atoms with Crippen LogP contribution in [0, 0.1) is 5.82 Å². The SMILES string of the molecule is O=C(CN1CCN(S(=O)(=O)c2ccccc2F)CC1)Nc1cccc2nsnc12. The molecule has 1 amide bonds. The predicted molar refractivity (Wildman–Crippen MR) is 108 cm³/mol. The molecule has 29 heavy (non-hydrogen) atoms. The van der Waals surface area contributed by atoms with Crippen molar-refractivity contribution < 1.29 is 17.6 Å². The Morgan fingerprint density at radius 1 is 1.07 bits per heavy atom. The Hall–Kier alpha value is -2.47. The summed E-state index contributed by atoms with van der Waals surface area (Å²) >= 11 is 1.08. The van der Waals surface area contributed by atoms with Gasteiger partial charge < -0.3 is 5.32 Å². The zero-order valence-corrected chi connectivity index (χ0v) is 16.9. The molecule has 3 aromatic rings. The lowest BCUT2D eigenvalue weighted by molar-refractivity contribution is -0.117. The second kappa shape index (κ2) is 8.11. The Labute approximate surface area is 171 Å². The summed E-state index contributed by atoms with van der Waals surface area (Å²) in [5.41, 5.74) is 1.97. The second-order valence-corrected chi connectivity index (χ2v) is 9.03. The van der Waals surface area contributed by atoms with Gasteiger partial charge in [0.1, 0.15) is 21.7 Å². The zero-order valence-electron chi connectivity index (χ0n) is 15.3. The number of hydrogen-bond acceptors (Lipinski definition) is 7. The minimum Gasteiger partial charge on any atom is -0.323 e. The van der Waals surface area contributed by atoms with E-state index in [-0.39, 0.29) is 30.4 Å². The molecule has 1 aliphatic heterocycles. The number of amides is 1. The molecule has 1 N–H and O–H groups in total. The van der Waals surface area contributed by atoms with Crippen LogP contribution in [0.1, 0.15) is 0 Å². The number of aromatic nitrogens is 2. The fraction of sp³-hybridized carbons (Fsp3) is 0.278. The molecule has 1 fully saturated rings. The third-order valence-corrected chi connectivity index (χ3v) is 7.19. The lowest BCUT2D eigenvalue weighted by atomic mass is 10.2. The molecule has 0 atom stereocenters. The summed E-state index contributed by atoms with van der Waals surface area (Å²) in [6, 6.07) is 10.7. The highest BCUT2D eigenvalue weighted by Gasteiger charge is 2.30. The summed E-state index contributed by atoms with van der Waals surface area (Å²) in [7, 11) is -3.89. The lowest BCUT2D eigenvalue weighted by Gasteiger charge is -2.33. The van der Waals surface area contributed by atoms with Gasteiger partial charge in [0, 0.05) is 26.2 Å². The highest BCUT2D eigenvalue weighted by molar-refractivity contribution is 7.89. The van der Waals surface area contributed by atoms with Crippen LogP contribution in [0.4, 0.5) is 10.1 Å². The molecule has 11 heteroatoms. The second-order valence-electron chi connectivity index (χ2n) is 6.60. The van der Waals surface area contributed by atoms with Crippen LogP contribution in [0.3, 0.4) is 0 Å². The van der Waals surface area contributed by atoms with Crippen molar-refractivity contribution in [3.63, 3.8) is 0 Å². The van der Waals surface area contributed by atoms with Crippen LogP contribution >= 0.6 is 11.7 Å². The molecular weight excluding hydrogens is 417 g/mol. The molecule has 2 aromatic carbocycles. The normalized spacial score (nSPS) is 16.2. The van der Waals surface area contributed by atoms with E-state index in [4.69, 9.17) is 0 Å². The van der Waals surface area contributed by atoms with Crippen LogP contribution in [0.5, 0.6) is 0 Å². The molecule has 0 saturated carbocycles. The van der Waals surface area contributed by atoms with Crippen molar-refractivity contribution in [3.8, 4) is 0 Å². The van der Waals surface area contributed by atoms with Crippen LogP contribution in [0.25, 0.3) is 11.0 Å². The molecule has 1 aromatic heterocycles. The maximum absolute atomic E-state index is 13.9. The van der Waals surface area contributed by atoms with Crippen LogP contribution in [0.15, 0.2) is 47.4 Å². The quantitative estimate of drug-likeness (QED) is 0.656. The Morgan fingerprint density at radius 2 is 1.83 bits per heavy atom. The fourth-order valence-corrected chi connectivity index (χ4v) is 5.26. The van der Waals surface area contributed by atoms with Gasteiger partial charge in [0.05, 0.1) is 24.0 Å². The topological polar surface area (TPSA) is 95.5 Å². The smallest absolute Gasteiger partial charge is 0.246 e. The van der Waals surface area contributed by atoms with Gasteiger partial charge >= 0.3 is 0 Å². The first-order valence-electron chi connectivity index (χ1n) is 8.93. The van der Waals surface area contributed by atoms with E-state index in [9.17, 15) is 17.6 Å². The third-order valence-electron chi connectivity index (χ3n) is 4.71. The molecule has 0 aliphatic carbocycles.